The number of ether oxygens (including phenoxy) is 1. The van der Waals surface area contributed by atoms with Gasteiger partial charge in [-0.15, -0.1) is 0 Å². The Labute approximate surface area is 131 Å². The van der Waals surface area contributed by atoms with Crippen molar-refractivity contribution in [3.05, 3.63) is 23.8 Å². The van der Waals surface area contributed by atoms with Gasteiger partial charge in [0.1, 0.15) is 0 Å². The molecular weight excluding hydrogens is 282 g/mol. The number of carbonyl (C=O) groups is 2. The van der Waals surface area contributed by atoms with E-state index in [4.69, 9.17) is 4.74 Å². The number of nitrogens with one attached hydrogen (secondary N) is 3. The fourth-order valence-corrected chi connectivity index (χ4v) is 1.97. The normalized spacial score (nSPS) is 10.1. The molecule has 1 rings (SSSR count). The van der Waals surface area contributed by atoms with Crippen LogP contribution >= 0.6 is 0 Å². The molecule has 0 heterocycles. The predicted octanol–water partition coefficient (Wildman–Crippen LogP) is 2.23. The molecule has 1 aromatic carbocycles. The van der Waals surface area contributed by atoms with Crippen LogP contribution in [0, 0.1) is 0 Å². The second kappa shape index (κ2) is 9.78. The fourth-order valence-electron chi connectivity index (χ4n) is 1.97. The van der Waals surface area contributed by atoms with Gasteiger partial charge in [-0.25, -0.2) is 4.79 Å². The average Bonchev–Trinajstić information content (AvgIpc) is 2.49. The minimum Gasteiger partial charge on any atom is -0.462 e. The molecule has 0 aliphatic carbocycles. The van der Waals surface area contributed by atoms with Crippen LogP contribution in [0.3, 0.4) is 0 Å². The first-order valence-corrected chi connectivity index (χ1v) is 7.61. The first-order chi connectivity index (χ1) is 10.6. The lowest BCUT2D eigenvalue weighted by Crippen LogP contribution is -2.17. The summed E-state index contributed by atoms with van der Waals surface area (Å²) in [6.45, 7) is 5.56. The highest BCUT2D eigenvalue weighted by Crippen LogP contribution is 2.24. The van der Waals surface area contributed by atoms with Gasteiger partial charge in [-0.05, 0) is 52.1 Å². The zero-order chi connectivity index (χ0) is 16.4. The lowest BCUT2D eigenvalue weighted by molar-refractivity contribution is -0.116. The van der Waals surface area contributed by atoms with Gasteiger partial charge in [-0.3, -0.25) is 4.79 Å². The van der Waals surface area contributed by atoms with Crippen LogP contribution in [-0.4, -0.2) is 38.6 Å². The van der Waals surface area contributed by atoms with E-state index in [-0.39, 0.29) is 5.91 Å². The van der Waals surface area contributed by atoms with Crippen molar-refractivity contribution in [2.24, 2.45) is 0 Å². The van der Waals surface area contributed by atoms with Crippen molar-refractivity contribution in [1.82, 2.24) is 5.32 Å². The maximum absolute atomic E-state index is 12.0. The lowest BCUT2D eigenvalue weighted by atomic mass is 10.1. The van der Waals surface area contributed by atoms with Crippen molar-refractivity contribution in [2.75, 3.05) is 37.4 Å². The third-order valence-electron chi connectivity index (χ3n) is 3.00. The summed E-state index contributed by atoms with van der Waals surface area (Å²) < 4.78 is 4.99. The van der Waals surface area contributed by atoms with Gasteiger partial charge in [0, 0.05) is 13.0 Å². The number of rotatable bonds is 9. The Morgan fingerprint density at radius 3 is 2.59 bits per heavy atom. The highest BCUT2D eigenvalue weighted by atomic mass is 16.5. The third kappa shape index (κ3) is 5.73. The quantitative estimate of drug-likeness (QED) is 0.481. The zero-order valence-corrected chi connectivity index (χ0v) is 13.5. The first-order valence-electron chi connectivity index (χ1n) is 7.61. The fraction of sp³-hybridized carbons (Fsp3) is 0.500. The van der Waals surface area contributed by atoms with Crippen LogP contribution in [0.5, 0.6) is 0 Å². The molecule has 0 unspecified atom stereocenters. The molecule has 0 radical (unpaired) electrons. The Balaban J connectivity index is 2.85. The van der Waals surface area contributed by atoms with E-state index in [0.29, 0.717) is 24.3 Å². The summed E-state index contributed by atoms with van der Waals surface area (Å²) in [5, 5.41) is 9.03. The van der Waals surface area contributed by atoms with Crippen LogP contribution in [0.25, 0.3) is 0 Å². The highest BCUT2D eigenvalue weighted by Gasteiger charge is 2.12. The summed E-state index contributed by atoms with van der Waals surface area (Å²) in [5.41, 5.74) is 1.81. The molecule has 0 saturated heterocycles. The van der Waals surface area contributed by atoms with Gasteiger partial charge in [0.2, 0.25) is 5.91 Å². The van der Waals surface area contributed by atoms with Crippen LogP contribution in [0.4, 0.5) is 11.4 Å². The minimum absolute atomic E-state index is 0.0737. The van der Waals surface area contributed by atoms with Gasteiger partial charge in [0.05, 0.1) is 23.5 Å². The molecule has 1 amide bonds. The first kappa shape index (κ1) is 18.0. The number of carbonyl (C=O) groups excluding carboxylic acids is 2. The van der Waals surface area contributed by atoms with E-state index < -0.39 is 5.97 Å². The third-order valence-corrected chi connectivity index (χ3v) is 3.00. The molecule has 1 aromatic rings. The van der Waals surface area contributed by atoms with Gasteiger partial charge in [-0.2, -0.15) is 0 Å². The summed E-state index contributed by atoms with van der Waals surface area (Å²) in [5.74, 6) is -0.466. The molecule has 0 atom stereocenters. The van der Waals surface area contributed by atoms with E-state index in [1.54, 1.807) is 25.1 Å². The van der Waals surface area contributed by atoms with Crippen molar-refractivity contribution in [3.63, 3.8) is 0 Å². The van der Waals surface area contributed by atoms with E-state index >= 15 is 0 Å². The number of hydrogen-bond acceptors (Lipinski definition) is 5. The van der Waals surface area contributed by atoms with Gasteiger partial charge in [0.25, 0.3) is 0 Å². The van der Waals surface area contributed by atoms with Crippen molar-refractivity contribution in [2.45, 2.75) is 26.7 Å². The molecule has 22 heavy (non-hydrogen) atoms. The average molecular weight is 307 g/mol. The van der Waals surface area contributed by atoms with Crippen LogP contribution in [0.1, 0.15) is 37.0 Å². The molecule has 0 saturated carbocycles. The lowest BCUT2D eigenvalue weighted by Gasteiger charge is -2.13. The molecule has 6 nitrogen and oxygen atoms in total. The predicted molar refractivity (Wildman–Crippen MR) is 88.4 cm³/mol. The molecule has 3 N–H and O–H groups in total. The molecule has 122 valence electrons. The Hall–Kier alpha value is -2.08. The summed E-state index contributed by atoms with van der Waals surface area (Å²) in [6, 6.07) is 5.11. The van der Waals surface area contributed by atoms with Crippen molar-refractivity contribution >= 4 is 23.3 Å². The molecule has 0 aliphatic heterocycles. The van der Waals surface area contributed by atoms with Crippen molar-refractivity contribution < 1.29 is 14.3 Å². The Morgan fingerprint density at radius 2 is 1.95 bits per heavy atom. The molecule has 0 aliphatic rings. The number of hydrogen-bond donors (Lipinski definition) is 3. The topological polar surface area (TPSA) is 79.5 Å². The van der Waals surface area contributed by atoms with Crippen LogP contribution in [0.15, 0.2) is 18.2 Å². The number of amides is 1. The molecule has 0 fully saturated rings. The Bertz CT molecular complexity index is 503. The van der Waals surface area contributed by atoms with Gasteiger partial charge >= 0.3 is 5.97 Å². The number of benzene rings is 1. The maximum atomic E-state index is 12.0. The minimum atomic E-state index is -0.392. The second-order valence-corrected chi connectivity index (χ2v) is 4.77. The highest BCUT2D eigenvalue weighted by molar-refractivity contribution is 5.98. The molecule has 0 bridgehead atoms. The Morgan fingerprint density at radius 1 is 1.18 bits per heavy atom. The monoisotopic (exact) mass is 307 g/mol. The van der Waals surface area contributed by atoms with Gasteiger partial charge in [-0.1, -0.05) is 0 Å². The van der Waals surface area contributed by atoms with Gasteiger partial charge in [0.15, 0.2) is 0 Å². The van der Waals surface area contributed by atoms with Crippen LogP contribution in [0.2, 0.25) is 0 Å². The SMILES string of the molecule is CCNc1ccc(C(=O)OCC)cc1NC(=O)CCCNC. The summed E-state index contributed by atoms with van der Waals surface area (Å²) in [6.07, 6.45) is 1.19. The van der Waals surface area contributed by atoms with Crippen molar-refractivity contribution in [3.8, 4) is 0 Å². The van der Waals surface area contributed by atoms with Crippen LogP contribution in [-0.2, 0) is 9.53 Å². The van der Waals surface area contributed by atoms with E-state index in [9.17, 15) is 9.59 Å². The molecule has 0 aromatic heterocycles. The summed E-state index contributed by atoms with van der Waals surface area (Å²) in [4.78, 5) is 23.8. The smallest absolute Gasteiger partial charge is 0.338 e. The number of anilines is 2. The van der Waals surface area contributed by atoms with E-state index in [1.165, 1.54) is 0 Å². The molecule has 6 heteroatoms. The molecular formula is C16H25N3O3. The summed E-state index contributed by atoms with van der Waals surface area (Å²) in [7, 11) is 1.85. The zero-order valence-electron chi connectivity index (χ0n) is 13.5. The van der Waals surface area contributed by atoms with E-state index in [0.717, 1.165) is 25.2 Å². The van der Waals surface area contributed by atoms with Gasteiger partial charge < -0.3 is 20.7 Å². The second-order valence-electron chi connectivity index (χ2n) is 4.77. The van der Waals surface area contributed by atoms with E-state index in [2.05, 4.69) is 16.0 Å². The Kier molecular flexibility index (Phi) is 7.99. The van der Waals surface area contributed by atoms with Crippen molar-refractivity contribution in [1.29, 1.82) is 0 Å². The van der Waals surface area contributed by atoms with E-state index in [1.807, 2.05) is 14.0 Å². The van der Waals surface area contributed by atoms with Crippen LogP contribution < -0.4 is 16.0 Å². The largest absolute Gasteiger partial charge is 0.462 e. The molecule has 0 spiro atoms. The summed E-state index contributed by atoms with van der Waals surface area (Å²) >= 11 is 0. The number of esters is 1. The maximum Gasteiger partial charge on any atom is 0.338 e. The standard InChI is InChI=1S/C16H25N3O3/c1-4-18-13-9-8-12(16(21)22-5-2)11-14(13)19-15(20)7-6-10-17-3/h8-9,11,17-18H,4-7,10H2,1-3H3,(H,19,20).